The Morgan fingerprint density at radius 1 is 0.857 bits per heavy atom. The smallest absolute Gasteiger partial charge is 0.225 e. The number of amides is 2. The number of nitrogens with zero attached hydrogens (tertiary/aromatic N) is 2. The Morgan fingerprint density at radius 3 is 1.57 bits per heavy atom. The molecule has 2 saturated heterocycles. The normalized spacial score (nSPS) is 21.0. The number of piperidine rings is 2. The number of carbonyl (C=O) groups excluding carboxylic acids is 2. The van der Waals surface area contributed by atoms with Gasteiger partial charge in [0.15, 0.2) is 0 Å². The van der Waals surface area contributed by atoms with E-state index in [0.717, 1.165) is 51.9 Å². The van der Waals surface area contributed by atoms with Crippen LogP contribution in [0.3, 0.4) is 0 Å². The van der Waals surface area contributed by atoms with Crippen molar-refractivity contribution in [1.29, 1.82) is 0 Å². The van der Waals surface area contributed by atoms with Crippen molar-refractivity contribution in [1.82, 2.24) is 9.80 Å². The highest BCUT2D eigenvalue weighted by Crippen LogP contribution is 2.41. The lowest BCUT2D eigenvalue weighted by molar-refractivity contribution is -0.138. The van der Waals surface area contributed by atoms with E-state index in [1.165, 1.54) is 0 Å². The van der Waals surface area contributed by atoms with Crippen LogP contribution in [0, 0.1) is 11.3 Å². The fourth-order valence-corrected chi connectivity index (χ4v) is 3.36. The first-order valence-electron chi connectivity index (χ1n) is 8.48. The standard InChI is InChI=1S/C15H26N2O2.C2H6/c1-12(2)14(19)17-10-6-15(7-11-17)4-8-16(9-5-15)13(3)18;1-2/h12H,4-11H2,1-3H3;1-2H3. The van der Waals surface area contributed by atoms with Crippen molar-refractivity contribution in [2.75, 3.05) is 26.2 Å². The van der Waals surface area contributed by atoms with Gasteiger partial charge in [-0.3, -0.25) is 9.59 Å². The van der Waals surface area contributed by atoms with E-state index in [1.54, 1.807) is 6.92 Å². The summed E-state index contributed by atoms with van der Waals surface area (Å²) in [6.45, 7) is 13.2. The average molecular weight is 296 g/mol. The minimum Gasteiger partial charge on any atom is -0.343 e. The molecule has 0 atom stereocenters. The summed E-state index contributed by atoms with van der Waals surface area (Å²) >= 11 is 0. The van der Waals surface area contributed by atoms with Crippen molar-refractivity contribution in [3.63, 3.8) is 0 Å². The molecule has 4 heteroatoms. The number of likely N-dealkylation sites (tertiary alicyclic amines) is 2. The van der Waals surface area contributed by atoms with Gasteiger partial charge in [-0.15, -0.1) is 0 Å². The van der Waals surface area contributed by atoms with Gasteiger partial charge in [0, 0.05) is 39.0 Å². The van der Waals surface area contributed by atoms with Crippen LogP contribution in [0.5, 0.6) is 0 Å². The first-order chi connectivity index (χ1) is 9.93. The Kier molecular flexibility index (Phi) is 6.69. The van der Waals surface area contributed by atoms with E-state index in [1.807, 2.05) is 37.5 Å². The van der Waals surface area contributed by atoms with Crippen molar-refractivity contribution in [3.05, 3.63) is 0 Å². The minimum atomic E-state index is 0.105. The zero-order chi connectivity index (χ0) is 16.0. The van der Waals surface area contributed by atoms with E-state index < -0.39 is 0 Å². The minimum absolute atomic E-state index is 0.105. The molecule has 2 fully saturated rings. The number of hydrogen-bond donors (Lipinski definition) is 0. The highest BCUT2D eigenvalue weighted by atomic mass is 16.2. The van der Waals surface area contributed by atoms with Crippen molar-refractivity contribution < 1.29 is 9.59 Å². The highest BCUT2D eigenvalue weighted by Gasteiger charge is 2.39. The summed E-state index contributed by atoms with van der Waals surface area (Å²) in [4.78, 5) is 27.3. The third-order valence-corrected chi connectivity index (χ3v) is 4.90. The van der Waals surface area contributed by atoms with Crippen LogP contribution < -0.4 is 0 Å². The molecule has 122 valence electrons. The molecule has 0 bridgehead atoms. The summed E-state index contributed by atoms with van der Waals surface area (Å²) < 4.78 is 0. The van der Waals surface area contributed by atoms with Gasteiger partial charge in [-0.2, -0.15) is 0 Å². The van der Waals surface area contributed by atoms with Gasteiger partial charge in [-0.25, -0.2) is 0 Å². The lowest BCUT2D eigenvalue weighted by Gasteiger charge is -2.47. The molecule has 0 radical (unpaired) electrons. The van der Waals surface area contributed by atoms with Crippen LogP contribution >= 0.6 is 0 Å². The molecule has 0 aromatic rings. The average Bonchev–Trinajstić information content (AvgIpc) is 2.50. The maximum atomic E-state index is 12.0. The summed E-state index contributed by atoms with van der Waals surface area (Å²) in [5, 5.41) is 0. The van der Waals surface area contributed by atoms with E-state index in [-0.39, 0.29) is 17.7 Å². The van der Waals surface area contributed by atoms with Crippen molar-refractivity contribution in [2.45, 2.75) is 60.3 Å². The summed E-state index contributed by atoms with van der Waals surface area (Å²) in [5.41, 5.74) is 0.389. The Morgan fingerprint density at radius 2 is 1.24 bits per heavy atom. The molecule has 2 heterocycles. The van der Waals surface area contributed by atoms with Crippen LogP contribution in [0.1, 0.15) is 60.3 Å². The van der Waals surface area contributed by atoms with Crippen LogP contribution in [0.15, 0.2) is 0 Å². The number of carbonyl (C=O) groups is 2. The summed E-state index contributed by atoms with van der Waals surface area (Å²) in [6.07, 6.45) is 4.43. The van der Waals surface area contributed by atoms with Gasteiger partial charge in [0.1, 0.15) is 0 Å². The third kappa shape index (κ3) is 4.45. The lowest BCUT2D eigenvalue weighted by Crippen LogP contribution is -2.49. The molecule has 2 rings (SSSR count). The molecule has 0 aliphatic carbocycles. The van der Waals surface area contributed by atoms with E-state index in [0.29, 0.717) is 5.41 Å². The Hall–Kier alpha value is -1.06. The largest absolute Gasteiger partial charge is 0.343 e. The lowest BCUT2D eigenvalue weighted by atomic mass is 9.71. The second-order valence-electron chi connectivity index (χ2n) is 6.49. The zero-order valence-corrected chi connectivity index (χ0v) is 14.4. The van der Waals surface area contributed by atoms with Crippen LogP contribution in [0.4, 0.5) is 0 Å². The van der Waals surface area contributed by atoms with E-state index in [2.05, 4.69) is 0 Å². The van der Waals surface area contributed by atoms with Gasteiger partial charge >= 0.3 is 0 Å². The second kappa shape index (κ2) is 7.81. The van der Waals surface area contributed by atoms with E-state index >= 15 is 0 Å². The van der Waals surface area contributed by atoms with Gasteiger partial charge in [0.25, 0.3) is 0 Å². The Bertz CT molecular complexity index is 348. The molecular weight excluding hydrogens is 264 g/mol. The Balaban J connectivity index is 0.00000106. The molecule has 0 aromatic carbocycles. The molecular formula is C17H32N2O2. The molecule has 4 nitrogen and oxygen atoms in total. The van der Waals surface area contributed by atoms with E-state index in [9.17, 15) is 9.59 Å². The van der Waals surface area contributed by atoms with Gasteiger partial charge in [-0.1, -0.05) is 27.7 Å². The summed E-state index contributed by atoms with van der Waals surface area (Å²) in [6, 6.07) is 0. The molecule has 21 heavy (non-hydrogen) atoms. The van der Waals surface area contributed by atoms with Crippen LogP contribution in [-0.4, -0.2) is 47.8 Å². The first kappa shape index (κ1) is 18.0. The van der Waals surface area contributed by atoms with Crippen LogP contribution in [-0.2, 0) is 9.59 Å². The summed E-state index contributed by atoms with van der Waals surface area (Å²) in [7, 11) is 0. The molecule has 0 aromatic heterocycles. The predicted octanol–water partition coefficient (Wildman–Crippen LogP) is 2.92. The quantitative estimate of drug-likeness (QED) is 0.746. The molecule has 2 aliphatic heterocycles. The van der Waals surface area contributed by atoms with Crippen molar-refractivity contribution >= 4 is 11.8 Å². The molecule has 0 unspecified atom stereocenters. The Labute approximate surface area is 129 Å². The fourth-order valence-electron chi connectivity index (χ4n) is 3.36. The molecule has 0 saturated carbocycles. The van der Waals surface area contributed by atoms with Gasteiger partial charge in [0.2, 0.25) is 11.8 Å². The maximum Gasteiger partial charge on any atom is 0.225 e. The number of rotatable bonds is 1. The molecule has 2 aliphatic rings. The van der Waals surface area contributed by atoms with Crippen molar-refractivity contribution in [3.8, 4) is 0 Å². The van der Waals surface area contributed by atoms with Gasteiger partial charge in [0.05, 0.1) is 0 Å². The third-order valence-electron chi connectivity index (χ3n) is 4.90. The maximum absolute atomic E-state index is 12.0. The van der Waals surface area contributed by atoms with Crippen molar-refractivity contribution in [2.24, 2.45) is 11.3 Å². The second-order valence-corrected chi connectivity index (χ2v) is 6.49. The van der Waals surface area contributed by atoms with Crippen LogP contribution in [0.2, 0.25) is 0 Å². The topological polar surface area (TPSA) is 40.6 Å². The van der Waals surface area contributed by atoms with Crippen LogP contribution in [0.25, 0.3) is 0 Å². The predicted molar refractivity (Wildman–Crippen MR) is 85.9 cm³/mol. The number of hydrogen-bond acceptors (Lipinski definition) is 2. The highest BCUT2D eigenvalue weighted by molar-refractivity contribution is 5.78. The van der Waals surface area contributed by atoms with Gasteiger partial charge in [-0.05, 0) is 31.1 Å². The molecule has 0 N–H and O–H groups in total. The molecule has 1 spiro atoms. The molecule has 2 amide bonds. The fraction of sp³-hybridized carbons (Fsp3) is 0.882. The zero-order valence-electron chi connectivity index (χ0n) is 14.4. The SMILES string of the molecule is CC.CC(=O)N1CCC2(CC1)CCN(C(=O)C(C)C)CC2. The van der Waals surface area contributed by atoms with E-state index in [4.69, 9.17) is 0 Å². The van der Waals surface area contributed by atoms with Gasteiger partial charge < -0.3 is 9.80 Å². The first-order valence-corrected chi connectivity index (χ1v) is 8.48. The monoisotopic (exact) mass is 296 g/mol. The summed E-state index contributed by atoms with van der Waals surface area (Å²) in [5.74, 6) is 0.590.